The van der Waals surface area contributed by atoms with Crippen LogP contribution in [0.2, 0.25) is 0 Å². The van der Waals surface area contributed by atoms with Gasteiger partial charge in [0.2, 0.25) is 15.9 Å². The van der Waals surface area contributed by atoms with E-state index < -0.39 is 25.9 Å². The molecule has 2 aromatic carbocycles. The highest BCUT2D eigenvalue weighted by molar-refractivity contribution is 7.90. The number of benzene rings is 2. The highest BCUT2D eigenvalue weighted by Gasteiger charge is 2.38. The lowest BCUT2D eigenvalue weighted by Crippen LogP contribution is -2.52. The monoisotopic (exact) mass is 494 g/mol. The van der Waals surface area contributed by atoms with Crippen molar-refractivity contribution in [1.29, 1.82) is 0 Å². The molecule has 0 radical (unpaired) electrons. The first-order valence-electron chi connectivity index (χ1n) is 10.9. The molecule has 1 aliphatic heterocycles. The molecule has 0 aromatic heterocycles. The maximum absolute atomic E-state index is 13.1. The van der Waals surface area contributed by atoms with Crippen molar-refractivity contribution in [1.82, 2.24) is 9.21 Å². The van der Waals surface area contributed by atoms with Gasteiger partial charge in [0.15, 0.2) is 9.84 Å². The second-order valence-corrected chi connectivity index (χ2v) is 12.1. The number of amides is 1. The zero-order chi connectivity index (χ0) is 24.1. The van der Waals surface area contributed by atoms with Crippen LogP contribution in [-0.2, 0) is 24.7 Å². The smallest absolute Gasteiger partial charge is 0.243 e. The Bertz CT molecular complexity index is 1170. The van der Waals surface area contributed by atoms with Gasteiger partial charge in [-0.2, -0.15) is 4.31 Å². The first-order chi connectivity index (χ1) is 15.6. The van der Waals surface area contributed by atoms with Crippen LogP contribution in [0.3, 0.4) is 0 Å². The number of likely N-dealkylation sites (N-methyl/N-ethyl adjacent to an activating group) is 1. The lowest BCUT2D eigenvalue weighted by molar-refractivity contribution is -0.135. The summed E-state index contributed by atoms with van der Waals surface area (Å²) in [5.41, 5.74) is 0. The van der Waals surface area contributed by atoms with E-state index in [9.17, 15) is 21.6 Å². The third-order valence-electron chi connectivity index (χ3n) is 5.61. The summed E-state index contributed by atoms with van der Waals surface area (Å²) in [5.74, 6) is 0.215. The normalized spacial score (nSPS) is 17.5. The topological polar surface area (TPSA) is 101 Å². The van der Waals surface area contributed by atoms with Gasteiger partial charge in [-0.15, -0.1) is 0 Å². The van der Waals surface area contributed by atoms with Gasteiger partial charge < -0.3 is 9.64 Å². The molecule has 180 valence electrons. The zero-order valence-electron chi connectivity index (χ0n) is 18.9. The Kier molecular flexibility index (Phi) is 8.14. The van der Waals surface area contributed by atoms with E-state index in [1.807, 2.05) is 0 Å². The molecule has 1 heterocycles. The largest absolute Gasteiger partial charge is 0.493 e. The third kappa shape index (κ3) is 6.33. The molecule has 1 aliphatic rings. The van der Waals surface area contributed by atoms with Crippen molar-refractivity contribution in [2.75, 3.05) is 33.0 Å². The number of ether oxygens (including phenoxy) is 1. The minimum Gasteiger partial charge on any atom is -0.493 e. The first-order valence-corrected chi connectivity index (χ1v) is 14.2. The molecule has 1 saturated heterocycles. The summed E-state index contributed by atoms with van der Waals surface area (Å²) < 4.78 is 56.6. The van der Waals surface area contributed by atoms with Crippen LogP contribution in [0.25, 0.3) is 0 Å². The molecule has 2 aromatic rings. The van der Waals surface area contributed by atoms with Crippen molar-refractivity contribution >= 4 is 25.8 Å². The lowest BCUT2D eigenvalue weighted by Gasteiger charge is -2.35. The lowest BCUT2D eigenvalue weighted by atomic mass is 10.0. The van der Waals surface area contributed by atoms with Crippen molar-refractivity contribution in [2.24, 2.45) is 0 Å². The molecular weight excluding hydrogens is 464 g/mol. The fourth-order valence-electron chi connectivity index (χ4n) is 3.82. The molecule has 1 amide bonds. The molecule has 0 N–H and O–H groups in total. The Morgan fingerprint density at radius 3 is 2.42 bits per heavy atom. The van der Waals surface area contributed by atoms with Crippen LogP contribution in [0.4, 0.5) is 0 Å². The van der Waals surface area contributed by atoms with Gasteiger partial charge in [-0.05, 0) is 49.6 Å². The van der Waals surface area contributed by atoms with Gasteiger partial charge in [-0.1, -0.05) is 30.7 Å². The number of carbonyl (C=O) groups excluding carboxylic acids is 1. The maximum atomic E-state index is 13.1. The molecule has 8 nitrogen and oxygen atoms in total. The Morgan fingerprint density at radius 2 is 1.73 bits per heavy atom. The summed E-state index contributed by atoms with van der Waals surface area (Å²) in [4.78, 5) is 15.0. The van der Waals surface area contributed by atoms with Crippen LogP contribution in [0.15, 0.2) is 64.4 Å². The second kappa shape index (κ2) is 10.7. The molecule has 3 rings (SSSR count). The number of sulfone groups is 1. The van der Waals surface area contributed by atoms with E-state index in [4.69, 9.17) is 4.74 Å². The number of hydrogen-bond acceptors (Lipinski definition) is 6. The van der Waals surface area contributed by atoms with Crippen LogP contribution in [0.5, 0.6) is 5.75 Å². The third-order valence-corrected chi connectivity index (χ3v) is 8.64. The van der Waals surface area contributed by atoms with Gasteiger partial charge in [-0.3, -0.25) is 4.79 Å². The van der Waals surface area contributed by atoms with Crippen LogP contribution in [0, 0.1) is 0 Å². The fourth-order valence-corrected chi connectivity index (χ4v) is 6.15. The van der Waals surface area contributed by atoms with E-state index in [0.717, 1.165) is 19.1 Å². The maximum Gasteiger partial charge on any atom is 0.243 e. The average Bonchev–Trinajstić information content (AvgIpc) is 2.81. The molecule has 0 aliphatic carbocycles. The van der Waals surface area contributed by atoms with Crippen LogP contribution in [-0.4, -0.2) is 71.0 Å². The molecular formula is C23H30N2O6S2. The molecule has 1 fully saturated rings. The van der Waals surface area contributed by atoms with E-state index in [-0.39, 0.29) is 15.7 Å². The predicted molar refractivity (Wildman–Crippen MR) is 125 cm³/mol. The Hall–Kier alpha value is -2.43. The number of piperidine rings is 1. The number of rotatable bonds is 9. The molecule has 0 spiro atoms. The zero-order valence-corrected chi connectivity index (χ0v) is 20.5. The summed E-state index contributed by atoms with van der Waals surface area (Å²) in [6, 6.07) is 13.7. The van der Waals surface area contributed by atoms with Gasteiger partial charge in [0, 0.05) is 26.4 Å². The van der Waals surface area contributed by atoms with Crippen molar-refractivity contribution in [3.8, 4) is 5.75 Å². The summed E-state index contributed by atoms with van der Waals surface area (Å²) in [5, 5.41) is 0. The highest BCUT2D eigenvalue weighted by atomic mass is 32.2. The van der Waals surface area contributed by atoms with Crippen molar-refractivity contribution in [3.05, 3.63) is 54.6 Å². The first kappa shape index (κ1) is 25.2. The van der Waals surface area contributed by atoms with Gasteiger partial charge >= 0.3 is 0 Å². The fraction of sp³-hybridized carbons (Fsp3) is 0.435. The molecule has 1 unspecified atom stereocenters. The number of nitrogens with zero attached hydrogens (tertiary/aromatic N) is 2. The summed E-state index contributed by atoms with van der Waals surface area (Å²) in [6.45, 7) is 1.00. The quantitative estimate of drug-likeness (QED) is 0.497. The molecule has 1 atom stereocenters. The minimum absolute atomic E-state index is 0.185. The molecule has 33 heavy (non-hydrogen) atoms. The van der Waals surface area contributed by atoms with E-state index in [0.29, 0.717) is 38.3 Å². The second-order valence-electron chi connectivity index (χ2n) is 8.15. The Morgan fingerprint density at radius 1 is 1.03 bits per heavy atom. The van der Waals surface area contributed by atoms with Crippen LogP contribution >= 0.6 is 0 Å². The average molecular weight is 495 g/mol. The summed E-state index contributed by atoms with van der Waals surface area (Å²) in [6.07, 6.45) is 3.66. The molecule has 0 bridgehead atoms. The van der Waals surface area contributed by atoms with Gasteiger partial charge in [0.25, 0.3) is 0 Å². The van der Waals surface area contributed by atoms with E-state index >= 15 is 0 Å². The van der Waals surface area contributed by atoms with Crippen LogP contribution in [0.1, 0.15) is 25.7 Å². The summed E-state index contributed by atoms with van der Waals surface area (Å²) >= 11 is 0. The predicted octanol–water partition coefficient (Wildman–Crippen LogP) is 2.56. The van der Waals surface area contributed by atoms with Crippen LogP contribution < -0.4 is 4.74 Å². The van der Waals surface area contributed by atoms with Crippen molar-refractivity contribution in [3.63, 3.8) is 0 Å². The van der Waals surface area contributed by atoms with Crippen molar-refractivity contribution < 1.29 is 26.4 Å². The number of carbonyl (C=O) groups is 1. The van der Waals surface area contributed by atoms with E-state index in [1.165, 1.54) is 16.4 Å². The molecule has 10 heteroatoms. The highest BCUT2D eigenvalue weighted by Crippen LogP contribution is 2.26. The minimum atomic E-state index is -3.76. The van der Waals surface area contributed by atoms with E-state index in [2.05, 4.69) is 0 Å². The molecule has 0 saturated carbocycles. The van der Waals surface area contributed by atoms with Gasteiger partial charge in [-0.25, -0.2) is 16.8 Å². The number of sulfonamides is 1. The standard InChI is InChI=1S/C23H30N2O6S2/c1-24(15-9-17-31-19-10-8-13-21(18-19)32(2,27)28)23(26)22-14-6-7-16-25(22)33(29,30)20-11-4-3-5-12-20/h3-5,8,10-13,18,22H,6-7,9,14-17H2,1-2H3. The Balaban J connectivity index is 1.58. The number of hydrogen-bond donors (Lipinski definition) is 0. The van der Waals surface area contributed by atoms with E-state index in [1.54, 1.807) is 54.4 Å². The van der Waals surface area contributed by atoms with Crippen molar-refractivity contribution in [2.45, 2.75) is 41.5 Å². The SMILES string of the molecule is CN(CCCOc1cccc(S(C)(=O)=O)c1)C(=O)C1CCCCN1S(=O)(=O)c1ccccc1. The Labute approximate surface area is 196 Å². The van der Waals surface area contributed by atoms with Gasteiger partial charge in [0.1, 0.15) is 11.8 Å². The summed E-state index contributed by atoms with van der Waals surface area (Å²) in [7, 11) is -5.41. The van der Waals surface area contributed by atoms with Gasteiger partial charge in [0.05, 0.1) is 16.4 Å².